The van der Waals surface area contributed by atoms with Gasteiger partial charge in [0.1, 0.15) is 10.9 Å². The molecule has 0 unspecified atom stereocenters. The molecule has 2 N–H and O–H groups in total. The second-order valence-corrected chi connectivity index (χ2v) is 6.95. The monoisotopic (exact) mass is 299 g/mol. The third-order valence-corrected chi connectivity index (χ3v) is 3.44. The van der Waals surface area contributed by atoms with Gasteiger partial charge in [0.05, 0.1) is 5.69 Å². The largest absolute Gasteiger partial charge is 0.480 e. The van der Waals surface area contributed by atoms with E-state index in [0.717, 1.165) is 11.5 Å². The van der Waals surface area contributed by atoms with Gasteiger partial charge in [-0.2, -0.15) is 0 Å². The van der Waals surface area contributed by atoms with Gasteiger partial charge in [-0.1, -0.05) is 39.1 Å². The zero-order valence-electron chi connectivity index (χ0n) is 12.4. The Labute approximate surface area is 122 Å². The molecule has 6 nitrogen and oxygen atoms in total. The molecule has 0 aliphatic rings. The Morgan fingerprint density at radius 2 is 1.95 bits per heavy atom. The summed E-state index contributed by atoms with van der Waals surface area (Å²) in [4.78, 5) is 23.8. The maximum atomic E-state index is 12.2. The molecule has 1 atom stereocenters. The van der Waals surface area contributed by atoms with E-state index in [0.29, 0.717) is 17.0 Å². The van der Waals surface area contributed by atoms with Crippen LogP contribution in [0.3, 0.4) is 0 Å². The number of hydrogen-bond acceptors (Lipinski definition) is 5. The lowest BCUT2D eigenvalue weighted by Crippen LogP contribution is -2.42. The molecule has 0 fully saturated rings. The summed E-state index contributed by atoms with van der Waals surface area (Å²) in [5, 5.41) is 15.7. The summed E-state index contributed by atoms with van der Waals surface area (Å²) >= 11 is 0.991. The van der Waals surface area contributed by atoms with Crippen LogP contribution >= 0.6 is 11.5 Å². The fraction of sp³-hybridized carbons (Fsp3) is 0.692. The Bertz CT molecular complexity index is 491. The van der Waals surface area contributed by atoms with Gasteiger partial charge < -0.3 is 10.4 Å². The Kier molecular flexibility index (Phi) is 5.21. The summed E-state index contributed by atoms with van der Waals surface area (Å²) in [5.74, 6) is -1.27. The van der Waals surface area contributed by atoms with Gasteiger partial charge in [0, 0.05) is 5.41 Å². The summed E-state index contributed by atoms with van der Waals surface area (Å²) in [7, 11) is 0. The zero-order chi connectivity index (χ0) is 15.5. The van der Waals surface area contributed by atoms with Crippen molar-refractivity contribution in [2.24, 2.45) is 5.92 Å². The Hall–Kier alpha value is -1.50. The first-order valence-corrected chi connectivity index (χ1v) is 7.26. The minimum Gasteiger partial charge on any atom is -0.480 e. The van der Waals surface area contributed by atoms with Gasteiger partial charge in [0.15, 0.2) is 0 Å². The van der Waals surface area contributed by atoms with E-state index in [4.69, 9.17) is 5.11 Å². The van der Waals surface area contributed by atoms with Crippen molar-refractivity contribution in [2.75, 3.05) is 0 Å². The minimum absolute atomic E-state index is 0.179. The number of carbonyl (C=O) groups excluding carboxylic acids is 1. The van der Waals surface area contributed by atoms with Crippen LogP contribution in [0, 0.1) is 5.92 Å². The quantitative estimate of drug-likeness (QED) is 0.868. The Balaban J connectivity index is 2.90. The molecule has 112 valence electrons. The van der Waals surface area contributed by atoms with Crippen LogP contribution in [0.25, 0.3) is 0 Å². The number of amides is 1. The first-order valence-electron chi connectivity index (χ1n) is 6.49. The highest BCUT2D eigenvalue weighted by Gasteiger charge is 2.29. The van der Waals surface area contributed by atoms with Crippen molar-refractivity contribution in [2.45, 2.75) is 52.5 Å². The molecule has 0 spiro atoms. The minimum atomic E-state index is -1.03. The van der Waals surface area contributed by atoms with E-state index in [1.165, 1.54) is 0 Å². The molecular weight excluding hydrogens is 278 g/mol. The van der Waals surface area contributed by atoms with Crippen LogP contribution in [0.1, 0.15) is 56.4 Å². The van der Waals surface area contributed by atoms with Gasteiger partial charge in [0.2, 0.25) is 0 Å². The van der Waals surface area contributed by atoms with Crippen LogP contribution in [0.2, 0.25) is 0 Å². The molecule has 1 aromatic rings. The number of carboxylic acid groups (broad SMARTS) is 1. The first-order chi connectivity index (χ1) is 9.12. The molecule has 0 radical (unpaired) electrons. The van der Waals surface area contributed by atoms with Gasteiger partial charge >= 0.3 is 5.97 Å². The predicted molar refractivity (Wildman–Crippen MR) is 77.0 cm³/mol. The van der Waals surface area contributed by atoms with Crippen molar-refractivity contribution < 1.29 is 14.7 Å². The van der Waals surface area contributed by atoms with Gasteiger partial charge in [-0.3, -0.25) is 4.79 Å². The number of nitrogens with one attached hydrogen (secondary N) is 1. The normalized spacial score (nSPS) is 13.3. The predicted octanol–water partition coefficient (Wildman–Crippen LogP) is 2.06. The molecule has 0 saturated heterocycles. The number of aromatic nitrogens is 2. The van der Waals surface area contributed by atoms with Gasteiger partial charge in [0.25, 0.3) is 5.91 Å². The molecule has 0 bridgehead atoms. The van der Waals surface area contributed by atoms with Crippen molar-refractivity contribution in [3.63, 3.8) is 0 Å². The summed E-state index contributed by atoms with van der Waals surface area (Å²) < 4.78 is 3.81. The standard InChI is InChI=1S/C13H21N3O3S/c1-7(2)6-8(12(18)19)14-11(17)9-10(13(3,4)5)15-16-20-9/h7-8H,6H2,1-5H3,(H,14,17)(H,18,19)/t8-/m1/s1. The molecule has 0 aromatic carbocycles. The summed E-state index contributed by atoms with van der Waals surface area (Å²) in [6.45, 7) is 9.63. The second-order valence-electron chi connectivity index (χ2n) is 6.19. The molecule has 0 saturated carbocycles. The summed E-state index contributed by atoms with van der Waals surface area (Å²) in [6, 6.07) is -0.891. The Morgan fingerprint density at radius 3 is 2.40 bits per heavy atom. The average molecular weight is 299 g/mol. The fourth-order valence-electron chi connectivity index (χ4n) is 1.75. The Morgan fingerprint density at radius 1 is 1.35 bits per heavy atom. The van der Waals surface area contributed by atoms with E-state index in [1.807, 2.05) is 34.6 Å². The smallest absolute Gasteiger partial charge is 0.326 e. The first kappa shape index (κ1) is 16.6. The molecule has 20 heavy (non-hydrogen) atoms. The molecular formula is C13H21N3O3S. The zero-order valence-corrected chi connectivity index (χ0v) is 13.2. The third kappa shape index (κ3) is 4.26. The number of carboxylic acids is 1. The fourth-order valence-corrected chi connectivity index (χ4v) is 2.53. The van der Waals surface area contributed by atoms with E-state index in [9.17, 15) is 9.59 Å². The number of aliphatic carboxylic acids is 1. The van der Waals surface area contributed by atoms with Crippen LogP contribution < -0.4 is 5.32 Å². The van der Waals surface area contributed by atoms with Crippen LogP contribution in [0.15, 0.2) is 0 Å². The van der Waals surface area contributed by atoms with Crippen LogP contribution in [0.4, 0.5) is 0 Å². The van der Waals surface area contributed by atoms with Crippen molar-refractivity contribution in [1.29, 1.82) is 0 Å². The van der Waals surface area contributed by atoms with E-state index >= 15 is 0 Å². The molecule has 1 amide bonds. The number of nitrogens with zero attached hydrogens (tertiary/aromatic N) is 2. The van der Waals surface area contributed by atoms with Crippen LogP contribution in [-0.2, 0) is 10.2 Å². The average Bonchev–Trinajstić information content (AvgIpc) is 2.75. The van der Waals surface area contributed by atoms with Crippen molar-refractivity contribution >= 4 is 23.4 Å². The van der Waals surface area contributed by atoms with Crippen molar-refractivity contribution in [1.82, 2.24) is 14.9 Å². The lowest BCUT2D eigenvalue weighted by molar-refractivity contribution is -0.139. The lowest BCUT2D eigenvalue weighted by Gasteiger charge is -2.19. The summed E-state index contributed by atoms with van der Waals surface area (Å²) in [6.07, 6.45) is 0.387. The van der Waals surface area contributed by atoms with E-state index in [-0.39, 0.29) is 11.3 Å². The van der Waals surface area contributed by atoms with Crippen molar-refractivity contribution in [3.05, 3.63) is 10.6 Å². The van der Waals surface area contributed by atoms with E-state index in [2.05, 4.69) is 14.9 Å². The van der Waals surface area contributed by atoms with Gasteiger partial charge in [-0.05, 0) is 23.9 Å². The molecule has 0 aliphatic heterocycles. The molecule has 1 rings (SSSR count). The van der Waals surface area contributed by atoms with Crippen LogP contribution in [0.5, 0.6) is 0 Å². The van der Waals surface area contributed by atoms with Gasteiger partial charge in [-0.25, -0.2) is 4.79 Å². The maximum absolute atomic E-state index is 12.2. The molecule has 1 aromatic heterocycles. The topological polar surface area (TPSA) is 92.2 Å². The van der Waals surface area contributed by atoms with Crippen LogP contribution in [-0.4, -0.2) is 32.6 Å². The highest BCUT2D eigenvalue weighted by atomic mass is 32.1. The number of rotatable bonds is 5. The number of hydrogen-bond donors (Lipinski definition) is 2. The summed E-state index contributed by atoms with van der Waals surface area (Å²) in [5.41, 5.74) is 0.282. The lowest BCUT2D eigenvalue weighted by atomic mass is 9.91. The highest BCUT2D eigenvalue weighted by Crippen LogP contribution is 2.25. The maximum Gasteiger partial charge on any atom is 0.326 e. The van der Waals surface area contributed by atoms with Gasteiger partial charge in [-0.15, -0.1) is 5.10 Å². The SMILES string of the molecule is CC(C)C[C@@H](NC(=O)c1snnc1C(C)(C)C)C(=O)O. The molecule has 7 heteroatoms. The van der Waals surface area contributed by atoms with Crippen molar-refractivity contribution in [3.8, 4) is 0 Å². The number of carbonyl (C=O) groups is 2. The molecule has 0 aliphatic carbocycles. The highest BCUT2D eigenvalue weighted by molar-refractivity contribution is 7.08. The molecule has 1 heterocycles. The third-order valence-electron chi connectivity index (χ3n) is 2.72. The second kappa shape index (κ2) is 6.30. The van der Waals surface area contributed by atoms with E-state index in [1.54, 1.807) is 0 Å². The van der Waals surface area contributed by atoms with E-state index < -0.39 is 17.9 Å².